The van der Waals surface area contributed by atoms with Crippen molar-refractivity contribution in [3.8, 4) is 0 Å². The van der Waals surface area contributed by atoms with E-state index in [1.54, 1.807) is 12.3 Å². The van der Waals surface area contributed by atoms with E-state index in [9.17, 15) is 9.18 Å². The van der Waals surface area contributed by atoms with E-state index in [0.29, 0.717) is 24.5 Å². The van der Waals surface area contributed by atoms with E-state index in [2.05, 4.69) is 28.6 Å². The maximum absolute atomic E-state index is 12.7. The van der Waals surface area contributed by atoms with Crippen LogP contribution in [0.1, 0.15) is 35.8 Å². The predicted octanol–water partition coefficient (Wildman–Crippen LogP) is 1.93. The number of pyridine rings is 1. The van der Waals surface area contributed by atoms with E-state index >= 15 is 0 Å². The Kier molecular flexibility index (Phi) is 4.01. The zero-order valence-electron chi connectivity index (χ0n) is 12.1. The molecule has 2 heterocycles. The number of rotatable bonds is 3. The number of carbonyl (C=O) groups is 1. The third kappa shape index (κ3) is 3.13. The second kappa shape index (κ2) is 5.93. The summed E-state index contributed by atoms with van der Waals surface area (Å²) in [7, 11) is 0. The molecule has 2 aliphatic rings. The van der Waals surface area contributed by atoms with Crippen LogP contribution in [0.15, 0.2) is 24.4 Å². The van der Waals surface area contributed by atoms with Crippen molar-refractivity contribution in [2.75, 3.05) is 13.1 Å². The Bertz CT molecular complexity index is 549. The van der Waals surface area contributed by atoms with Gasteiger partial charge in [0.25, 0.3) is 5.91 Å². The molecule has 2 N–H and O–H groups in total. The minimum atomic E-state index is -0.765. The number of halogens is 1. The quantitative estimate of drug-likeness (QED) is 0.894. The Labute approximate surface area is 123 Å². The van der Waals surface area contributed by atoms with E-state index in [1.807, 2.05) is 6.07 Å². The van der Waals surface area contributed by atoms with E-state index in [0.717, 1.165) is 18.7 Å². The van der Waals surface area contributed by atoms with E-state index < -0.39 is 6.17 Å². The van der Waals surface area contributed by atoms with Crippen LogP contribution < -0.4 is 10.6 Å². The van der Waals surface area contributed by atoms with E-state index in [1.165, 1.54) is 5.57 Å². The second-order valence-corrected chi connectivity index (χ2v) is 5.89. The van der Waals surface area contributed by atoms with Gasteiger partial charge in [-0.2, -0.15) is 0 Å². The van der Waals surface area contributed by atoms with Crippen molar-refractivity contribution in [1.82, 2.24) is 15.6 Å². The van der Waals surface area contributed by atoms with Crippen molar-refractivity contribution >= 4 is 11.5 Å². The summed E-state index contributed by atoms with van der Waals surface area (Å²) in [6, 6.07) is 3.64. The van der Waals surface area contributed by atoms with Crippen LogP contribution in [0.5, 0.6) is 0 Å². The van der Waals surface area contributed by atoms with Crippen LogP contribution in [0.25, 0.3) is 5.57 Å². The van der Waals surface area contributed by atoms with Gasteiger partial charge in [-0.3, -0.25) is 9.78 Å². The molecule has 21 heavy (non-hydrogen) atoms. The average molecular weight is 289 g/mol. The standard InChI is InChI=1S/C16H20FN3O/c1-10-8-18-5-4-14(10)11-2-3-15(19-9-11)16(21)20-13-6-12(17)7-13/h2-4,9-10,12-13,18H,5-8H2,1H3,(H,20,21). The molecule has 0 aromatic carbocycles. The molecule has 1 amide bonds. The molecule has 1 aromatic rings. The summed E-state index contributed by atoms with van der Waals surface area (Å²) in [5, 5.41) is 6.12. The molecule has 1 aromatic heterocycles. The number of amides is 1. The van der Waals surface area contributed by atoms with Crippen molar-refractivity contribution in [3.63, 3.8) is 0 Å². The third-order valence-electron chi connectivity index (χ3n) is 4.19. The lowest BCUT2D eigenvalue weighted by Gasteiger charge is -2.30. The molecule has 1 atom stereocenters. The maximum atomic E-state index is 12.7. The zero-order chi connectivity index (χ0) is 14.8. The van der Waals surface area contributed by atoms with Gasteiger partial charge in [-0.15, -0.1) is 0 Å². The molecule has 1 saturated carbocycles. The molecule has 1 aliphatic carbocycles. The van der Waals surface area contributed by atoms with Gasteiger partial charge in [0.15, 0.2) is 0 Å². The zero-order valence-corrected chi connectivity index (χ0v) is 12.1. The van der Waals surface area contributed by atoms with Gasteiger partial charge >= 0.3 is 0 Å². The normalized spacial score (nSPS) is 28.5. The van der Waals surface area contributed by atoms with E-state index in [-0.39, 0.29) is 11.9 Å². The summed E-state index contributed by atoms with van der Waals surface area (Å²) in [6.45, 7) is 4.00. The molecule has 3 rings (SSSR count). The molecule has 1 fully saturated rings. The monoisotopic (exact) mass is 289 g/mol. The lowest BCUT2D eigenvalue weighted by Crippen LogP contribution is -2.45. The second-order valence-electron chi connectivity index (χ2n) is 5.89. The maximum Gasteiger partial charge on any atom is 0.270 e. The van der Waals surface area contributed by atoms with Crippen molar-refractivity contribution in [1.29, 1.82) is 0 Å². The molecule has 4 nitrogen and oxygen atoms in total. The van der Waals surface area contributed by atoms with Crippen LogP contribution in [0.3, 0.4) is 0 Å². The van der Waals surface area contributed by atoms with Gasteiger partial charge in [0.2, 0.25) is 0 Å². The summed E-state index contributed by atoms with van der Waals surface area (Å²) in [5.74, 6) is 0.225. The van der Waals surface area contributed by atoms with Gasteiger partial charge in [-0.25, -0.2) is 4.39 Å². The van der Waals surface area contributed by atoms with Gasteiger partial charge in [0, 0.05) is 25.3 Å². The molecule has 1 aliphatic heterocycles. The lowest BCUT2D eigenvalue weighted by atomic mass is 9.90. The predicted molar refractivity (Wildman–Crippen MR) is 79.6 cm³/mol. The Morgan fingerprint density at radius 3 is 2.86 bits per heavy atom. The summed E-state index contributed by atoms with van der Waals surface area (Å²) in [6.07, 6.45) is 3.99. The first-order valence-corrected chi connectivity index (χ1v) is 7.45. The Balaban J connectivity index is 1.66. The SMILES string of the molecule is CC1CNCC=C1c1ccc(C(=O)NC2CC(F)C2)nc1. The number of nitrogens with zero attached hydrogens (tertiary/aromatic N) is 1. The van der Waals surface area contributed by atoms with Crippen LogP contribution in [0, 0.1) is 5.92 Å². The number of nitrogens with one attached hydrogen (secondary N) is 2. The Morgan fingerprint density at radius 1 is 1.43 bits per heavy atom. The van der Waals surface area contributed by atoms with Gasteiger partial charge in [-0.1, -0.05) is 19.1 Å². The summed E-state index contributed by atoms with van der Waals surface area (Å²) in [4.78, 5) is 16.2. The van der Waals surface area contributed by atoms with Gasteiger partial charge < -0.3 is 10.6 Å². The van der Waals surface area contributed by atoms with Crippen molar-refractivity contribution in [2.24, 2.45) is 5.92 Å². The molecular weight excluding hydrogens is 269 g/mol. The van der Waals surface area contributed by atoms with Gasteiger partial charge in [-0.05, 0) is 36.0 Å². The minimum absolute atomic E-state index is 0.0406. The van der Waals surface area contributed by atoms with Crippen molar-refractivity contribution in [3.05, 3.63) is 35.7 Å². The fourth-order valence-corrected chi connectivity index (χ4v) is 2.82. The van der Waals surface area contributed by atoms with Crippen LogP contribution in [-0.2, 0) is 0 Å². The van der Waals surface area contributed by atoms with Crippen molar-refractivity contribution in [2.45, 2.75) is 32.0 Å². The Hall–Kier alpha value is -1.75. The largest absolute Gasteiger partial charge is 0.348 e. The molecule has 0 spiro atoms. The number of hydrogen-bond donors (Lipinski definition) is 2. The summed E-state index contributed by atoms with van der Waals surface area (Å²) < 4.78 is 12.7. The average Bonchev–Trinajstić information content (AvgIpc) is 2.46. The van der Waals surface area contributed by atoms with Crippen molar-refractivity contribution < 1.29 is 9.18 Å². The number of carbonyl (C=O) groups excluding carboxylic acids is 1. The number of aromatic nitrogens is 1. The van der Waals surface area contributed by atoms with Gasteiger partial charge in [0.1, 0.15) is 11.9 Å². The fourth-order valence-electron chi connectivity index (χ4n) is 2.82. The topological polar surface area (TPSA) is 54.0 Å². The number of hydrogen-bond acceptors (Lipinski definition) is 3. The van der Waals surface area contributed by atoms with Crippen LogP contribution in [-0.4, -0.2) is 36.2 Å². The molecule has 1 unspecified atom stereocenters. The number of alkyl halides is 1. The Morgan fingerprint density at radius 2 is 2.24 bits per heavy atom. The highest BCUT2D eigenvalue weighted by atomic mass is 19.1. The molecule has 0 saturated heterocycles. The first-order chi connectivity index (χ1) is 10.1. The third-order valence-corrected chi connectivity index (χ3v) is 4.19. The van der Waals surface area contributed by atoms with Crippen LogP contribution >= 0.6 is 0 Å². The van der Waals surface area contributed by atoms with Crippen LogP contribution in [0.4, 0.5) is 4.39 Å². The summed E-state index contributed by atoms with van der Waals surface area (Å²) in [5.41, 5.74) is 2.73. The molecular formula is C16H20FN3O. The minimum Gasteiger partial charge on any atom is -0.348 e. The molecule has 112 valence electrons. The first-order valence-electron chi connectivity index (χ1n) is 7.45. The highest BCUT2D eigenvalue weighted by Gasteiger charge is 2.30. The molecule has 0 bridgehead atoms. The highest BCUT2D eigenvalue weighted by molar-refractivity contribution is 5.92. The summed E-state index contributed by atoms with van der Waals surface area (Å²) >= 11 is 0. The first kappa shape index (κ1) is 14.2. The smallest absolute Gasteiger partial charge is 0.270 e. The fraction of sp³-hybridized carbons (Fsp3) is 0.500. The lowest BCUT2D eigenvalue weighted by molar-refractivity contribution is 0.0855. The van der Waals surface area contributed by atoms with Gasteiger partial charge in [0.05, 0.1) is 0 Å². The molecule has 0 radical (unpaired) electrons. The van der Waals surface area contributed by atoms with E-state index in [4.69, 9.17) is 0 Å². The van der Waals surface area contributed by atoms with Crippen LogP contribution in [0.2, 0.25) is 0 Å². The molecule has 5 heteroatoms. The highest BCUT2D eigenvalue weighted by Crippen LogP contribution is 2.25.